The van der Waals surface area contributed by atoms with E-state index >= 15 is 0 Å². The zero-order valence-corrected chi connectivity index (χ0v) is 6.89. The number of hydrogen-bond acceptors (Lipinski definition) is 4. The predicted octanol–water partition coefficient (Wildman–Crippen LogP) is 1.31. The Morgan fingerprint density at radius 1 is 1.73 bits per heavy atom. The molecule has 4 heteroatoms. The smallest absolute Gasteiger partial charge is 0.172 e. The van der Waals surface area contributed by atoms with Crippen molar-refractivity contribution in [1.29, 1.82) is 0 Å². The second-order valence-corrected chi connectivity index (χ2v) is 2.25. The van der Waals surface area contributed by atoms with Gasteiger partial charge in [-0.3, -0.25) is 0 Å². The van der Waals surface area contributed by atoms with E-state index in [1.165, 1.54) is 5.55 Å². The maximum Gasteiger partial charge on any atom is 0.172 e. The van der Waals surface area contributed by atoms with E-state index in [4.69, 9.17) is 10.5 Å². The van der Waals surface area contributed by atoms with E-state index in [0.29, 0.717) is 11.6 Å². The molecule has 0 spiro atoms. The SMILES string of the molecule is Cc1ccnc(N)c1OC=S. The summed E-state index contributed by atoms with van der Waals surface area (Å²) in [5.74, 6) is 0.911. The first-order chi connectivity index (χ1) is 5.25. The molecule has 58 valence electrons. The third-order valence-corrected chi connectivity index (χ3v) is 1.39. The van der Waals surface area contributed by atoms with Crippen LogP contribution in [0, 0.1) is 6.92 Å². The van der Waals surface area contributed by atoms with Crippen molar-refractivity contribution in [3.63, 3.8) is 0 Å². The fourth-order valence-electron chi connectivity index (χ4n) is 0.767. The van der Waals surface area contributed by atoms with E-state index in [9.17, 15) is 0 Å². The van der Waals surface area contributed by atoms with Crippen LogP contribution in [0.5, 0.6) is 5.75 Å². The highest BCUT2D eigenvalue weighted by molar-refractivity contribution is 7.78. The summed E-state index contributed by atoms with van der Waals surface area (Å²) in [6.45, 7) is 1.88. The zero-order valence-electron chi connectivity index (χ0n) is 6.07. The molecule has 1 aromatic heterocycles. The molecule has 1 heterocycles. The number of ether oxygens (including phenoxy) is 1. The molecule has 0 aliphatic heterocycles. The second-order valence-electron chi connectivity index (χ2n) is 2.06. The molecule has 0 saturated heterocycles. The predicted molar refractivity (Wildman–Crippen MR) is 47.7 cm³/mol. The summed E-state index contributed by atoms with van der Waals surface area (Å²) in [6, 6.07) is 1.81. The van der Waals surface area contributed by atoms with Crippen molar-refractivity contribution in [1.82, 2.24) is 4.98 Å². The fourth-order valence-corrected chi connectivity index (χ4v) is 0.863. The Balaban J connectivity index is 3.09. The molecular weight excluding hydrogens is 160 g/mol. The first-order valence-corrected chi connectivity index (χ1v) is 3.54. The average molecular weight is 168 g/mol. The molecule has 0 saturated carbocycles. The number of hydrogen-bond donors (Lipinski definition) is 1. The molecule has 0 atom stereocenters. The van der Waals surface area contributed by atoms with Crippen LogP contribution in [-0.2, 0) is 0 Å². The highest BCUT2D eigenvalue weighted by Crippen LogP contribution is 2.21. The number of rotatable bonds is 2. The number of pyridine rings is 1. The van der Waals surface area contributed by atoms with E-state index in [0.717, 1.165) is 5.56 Å². The van der Waals surface area contributed by atoms with Gasteiger partial charge in [0.15, 0.2) is 17.1 Å². The van der Waals surface area contributed by atoms with Gasteiger partial charge in [-0.1, -0.05) is 0 Å². The summed E-state index contributed by atoms with van der Waals surface area (Å²) < 4.78 is 4.97. The molecule has 2 N–H and O–H groups in total. The van der Waals surface area contributed by atoms with Crippen molar-refractivity contribution >= 4 is 23.6 Å². The Morgan fingerprint density at radius 3 is 3.00 bits per heavy atom. The lowest BCUT2D eigenvalue weighted by Crippen LogP contribution is -1.98. The Morgan fingerprint density at radius 2 is 2.45 bits per heavy atom. The number of aryl methyl sites for hydroxylation is 1. The minimum absolute atomic E-state index is 0.367. The summed E-state index contributed by atoms with van der Waals surface area (Å²) >= 11 is 4.52. The Kier molecular flexibility index (Phi) is 2.38. The second kappa shape index (κ2) is 3.30. The summed E-state index contributed by atoms with van der Waals surface area (Å²) in [4.78, 5) is 3.85. The quantitative estimate of drug-likeness (QED) is 0.676. The van der Waals surface area contributed by atoms with Crippen LogP contribution < -0.4 is 10.5 Å². The van der Waals surface area contributed by atoms with Crippen molar-refractivity contribution < 1.29 is 4.74 Å². The standard InChI is InChI=1S/C7H8N2OS/c1-5-2-3-9-7(8)6(5)10-4-11/h2-4H,1H3,(H2,8,9). The fraction of sp³-hybridized carbons (Fsp3) is 0.143. The molecule has 1 aromatic rings. The molecule has 3 nitrogen and oxygen atoms in total. The molecule has 0 aliphatic carbocycles. The number of nitrogens with zero attached hydrogens (tertiary/aromatic N) is 1. The molecule has 0 radical (unpaired) electrons. The zero-order chi connectivity index (χ0) is 8.27. The molecule has 1 rings (SSSR count). The number of thiocarbonyl (C=S) groups is 1. The largest absolute Gasteiger partial charge is 0.449 e. The van der Waals surface area contributed by atoms with Crippen molar-refractivity contribution in [2.75, 3.05) is 5.73 Å². The van der Waals surface area contributed by atoms with Crippen LogP contribution in [0.3, 0.4) is 0 Å². The Hall–Kier alpha value is -1.16. The van der Waals surface area contributed by atoms with Crippen LogP contribution in [0.4, 0.5) is 5.82 Å². The van der Waals surface area contributed by atoms with E-state index in [1.54, 1.807) is 6.20 Å². The van der Waals surface area contributed by atoms with Gasteiger partial charge < -0.3 is 10.5 Å². The van der Waals surface area contributed by atoms with Gasteiger partial charge in [-0.25, -0.2) is 4.98 Å². The van der Waals surface area contributed by atoms with Gasteiger partial charge in [-0.2, -0.15) is 0 Å². The van der Waals surface area contributed by atoms with Crippen LogP contribution in [0.1, 0.15) is 5.56 Å². The van der Waals surface area contributed by atoms with Crippen molar-refractivity contribution in [3.8, 4) is 5.75 Å². The van der Waals surface area contributed by atoms with Gasteiger partial charge in [0.05, 0.1) is 0 Å². The molecule has 0 amide bonds. The summed E-state index contributed by atoms with van der Waals surface area (Å²) in [5.41, 5.74) is 7.60. The van der Waals surface area contributed by atoms with E-state index in [2.05, 4.69) is 17.2 Å². The van der Waals surface area contributed by atoms with Crippen molar-refractivity contribution in [2.45, 2.75) is 6.92 Å². The molecule has 0 aromatic carbocycles. The molecule has 0 bridgehead atoms. The third kappa shape index (κ3) is 1.65. The number of nitrogen functional groups attached to an aromatic ring is 1. The van der Waals surface area contributed by atoms with E-state index in [-0.39, 0.29) is 0 Å². The maximum atomic E-state index is 5.51. The molecule has 0 fully saturated rings. The van der Waals surface area contributed by atoms with Crippen LogP contribution in [-0.4, -0.2) is 10.5 Å². The summed E-state index contributed by atoms with van der Waals surface area (Å²) in [7, 11) is 0. The number of aromatic nitrogens is 1. The Bertz CT molecular complexity index is 255. The highest BCUT2D eigenvalue weighted by Gasteiger charge is 2.02. The highest BCUT2D eigenvalue weighted by atomic mass is 32.1. The normalized spacial score (nSPS) is 9.18. The molecule has 0 aliphatic rings. The van der Waals surface area contributed by atoms with Crippen molar-refractivity contribution in [2.24, 2.45) is 0 Å². The molecular formula is C7H8N2OS. The lowest BCUT2D eigenvalue weighted by atomic mass is 10.3. The van der Waals surface area contributed by atoms with Gasteiger partial charge in [-0.05, 0) is 30.8 Å². The monoisotopic (exact) mass is 168 g/mol. The Labute approximate surface area is 70.2 Å². The van der Waals surface area contributed by atoms with Gasteiger partial charge in [-0.15, -0.1) is 0 Å². The maximum absolute atomic E-state index is 5.51. The lowest BCUT2D eigenvalue weighted by molar-refractivity contribution is 0.581. The number of nitrogens with two attached hydrogens (primary N) is 1. The first kappa shape index (κ1) is 7.94. The third-order valence-electron chi connectivity index (χ3n) is 1.29. The van der Waals surface area contributed by atoms with Gasteiger partial charge in [0.1, 0.15) is 0 Å². The van der Waals surface area contributed by atoms with Crippen LogP contribution >= 0.6 is 12.2 Å². The van der Waals surface area contributed by atoms with Crippen LogP contribution in [0.2, 0.25) is 0 Å². The van der Waals surface area contributed by atoms with Gasteiger partial charge >= 0.3 is 0 Å². The minimum Gasteiger partial charge on any atom is -0.449 e. The van der Waals surface area contributed by atoms with Gasteiger partial charge in [0.2, 0.25) is 0 Å². The van der Waals surface area contributed by atoms with Gasteiger partial charge in [0.25, 0.3) is 0 Å². The minimum atomic E-state index is 0.367. The molecule has 11 heavy (non-hydrogen) atoms. The number of anilines is 1. The topological polar surface area (TPSA) is 48.1 Å². The summed E-state index contributed by atoms with van der Waals surface area (Å²) in [6.07, 6.45) is 1.63. The first-order valence-electron chi connectivity index (χ1n) is 3.07. The van der Waals surface area contributed by atoms with E-state index < -0.39 is 0 Å². The molecule has 0 unspecified atom stereocenters. The van der Waals surface area contributed by atoms with Gasteiger partial charge in [0, 0.05) is 6.20 Å². The lowest BCUT2D eigenvalue weighted by Gasteiger charge is -2.04. The summed E-state index contributed by atoms with van der Waals surface area (Å²) in [5, 5.41) is 0. The van der Waals surface area contributed by atoms with Crippen LogP contribution in [0.25, 0.3) is 0 Å². The average Bonchev–Trinajstić information content (AvgIpc) is 1.97. The van der Waals surface area contributed by atoms with Crippen LogP contribution in [0.15, 0.2) is 12.3 Å². The van der Waals surface area contributed by atoms with Crippen molar-refractivity contribution in [3.05, 3.63) is 17.8 Å². The van der Waals surface area contributed by atoms with E-state index in [1.807, 2.05) is 13.0 Å².